The Morgan fingerprint density at radius 1 is 1.43 bits per heavy atom. The highest BCUT2D eigenvalue weighted by atomic mass is 32.1. The molecular weight excluding hydrogens is 318 g/mol. The van der Waals surface area contributed by atoms with Crippen LogP contribution in [0.4, 0.5) is 0 Å². The van der Waals surface area contributed by atoms with Crippen LogP contribution in [0.15, 0.2) is 22.6 Å². The van der Waals surface area contributed by atoms with Crippen molar-refractivity contribution >= 4 is 33.4 Å². The highest BCUT2D eigenvalue weighted by Crippen LogP contribution is 2.25. The van der Waals surface area contributed by atoms with Crippen LogP contribution >= 0.6 is 11.3 Å². The molecule has 23 heavy (non-hydrogen) atoms. The lowest BCUT2D eigenvalue weighted by molar-refractivity contribution is -0.141. The van der Waals surface area contributed by atoms with Gasteiger partial charge in [0, 0.05) is 19.0 Å². The molecule has 2 aromatic rings. The molecular formula is C15H17N3O4S. The summed E-state index contributed by atoms with van der Waals surface area (Å²) < 4.78 is 1.43. The second-order valence-electron chi connectivity index (χ2n) is 5.75. The van der Waals surface area contributed by atoms with Crippen molar-refractivity contribution in [1.29, 1.82) is 0 Å². The van der Waals surface area contributed by atoms with E-state index in [-0.39, 0.29) is 36.4 Å². The van der Waals surface area contributed by atoms with Crippen LogP contribution in [0.3, 0.4) is 0 Å². The number of fused-ring (bicyclic) bond motifs is 1. The summed E-state index contributed by atoms with van der Waals surface area (Å²) in [6.45, 7) is 0.262. The first-order valence-corrected chi connectivity index (χ1v) is 8.37. The number of amides is 1. The Morgan fingerprint density at radius 2 is 2.26 bits per heavy atom. The Kier molecular flexibility index (Phi) is 4.42. The quantitative estimate of drug-likeness (QED) is 0.855. The molecule has 1 saturated carbocycles. The Hall–Kier alpha value is -2.22. The molecule has 0 aliphatic heterocycles. The zero-order chi connectivity index (χ0) is 16.4. The van der Waals surface area contributed by atoms with E-state index < -0.39 is 5.97 Å². The molecule has 0 spiro atoms. The molecule has 1 aliphatic rings. The number of aromatic nitrogens is 2. The van der Waals surface area contributed by atoms with Gasteiger partial charge in [0.1, 0.15) is 4.83 Å². The standard InChI is InChI=1S/C15H17N3O4S/c19-12(17-10-2-1-9(7-10)15(21)22)3-5-18-8-16-13-11(14(18)20)4-6-23-13/h4,6,8-10H,1-3,5,7H2,(H,17,19)(H,21,22)/t9-,10+/m1/s1. The van der Waals surface area contributed by atoms with Gasteiger partial charge >= 0.3 is 5.97 Å². The molecule has 0 unspecified atom stereocenters. The molecule has 1 aliphatic carbocycles. The van der Waals surface area contributed by atoms with Crippen LogP contribution < -0.4 is 10.9 Å². The van der Waals surface area contributed by atoms with Gasteiger partial charge < -0.3 is 10.4 Å². The highest BCUT2D eigenvalue weighted by Gasteiger charge is 2.30. The average molecular weight is 335 g/mol. The van der Waals surface area contributed by atoms with Crippen molar-refractivity contribution in [2.24, 2.45) is 5.92 Å². The maximum absolute atomic E-state index is 12.2. The van der Waals surface area contributed by atoms with Gasteiger partial charge in [-0.15, -0.1) is 11.3 Å². The number of carboxylic acid groups (broad SMARTS) is 1. The molecule has 2 atom stereocenters. The molecule has 122 valence electrons. The van der Waals surface area contributed by atoms with Gasteiger partial charge in [0.25, 0.3) is 5.56 Å². The number of carbonyl (C=O) groups is 2. The van der Waals surface area contributed by atoms with Gasteiger partial charge in [0.2, 0.25) is 5.91 Å². The van der Waals surface area contributed by atoms with Crippen LogP contribution in [0.25, 0.3) is 10.2 Å². The van der Waals surface area contributed by atoms with Crippen LogP contribution in [0.5, 0.6) is 0 Å². The molecule has 0 bridgehead atoms. The van der Waals surface area contributed by atoms with E-state index >= 15 is 0 Å². The van der Waals surface area contributed by atoms with Crippen molar-refractivity contribution in [3.05, 3.63) is 28.1 Å². The third kappa shape index (κ3) is 3.42. The van der Waals surface area contributed by atoms with E-state index in [4.69, 9.17) is 5.11 Å². The van der Waals surface area contributed by atoms with Crippen molar-refractivity contribution in [1.82, 2.24) is 14.9 Å². The van der Waals surface area contributed by atoms with Gasteiger partial charge in [-0.3, -0.25) is 19.0 Å². The minimum absolute atomic E-state index is 0.0854. The molecule has 2 N–H and O–H groups in total. The van der Waals surface area contributed by atoms with Gasteiger partial charge in [-0.2, -0.15) is 0 Å². The van der Waals surface area contributed by atoms with Crippen molar-refractivity contribution in [3.63, 3.8) is 0 Å². The molecule has 2 heterocycles. The summed E-state index contributed by atoms with van der Waals surface area (Å²) in [6.07, 6.45) is 3.39. The van der Waals surface area contributed by atoms with Crippen LogP contribution in [-0.4, -0.2) is 32.6 Å². The van der Waals surface area contributed by atoms with Crippen molar-refractivity contribution in [2.45, 2.75) is 38.3 Å². The normalized spacial score (nSPS) is 20.7. The Morgan fingerprint density at radius 3 is 3.00 bits per heavy atom. The second kappa shape index (κ2) is 6.49. The lowest BCUT2D eigenvalue weighted by atomic mass is 10.1. The van der Waals surface area contributed by atoms with Crippen LogP contribution in [0.1, 0.15) is 25.7 Å². The monoisotopic (exact) mass is 335 g/mol. The molecule has 0 aromatic carbocycles. The van der Waals surface area contributed by atoms with Crippen LogP contribution in [0, 0.1) is 5.92 Å². The first kappa shape index (κ1) is 15.7. The number of hydrogen-bond acceptors (Lipinski definition) is 5. The summed E-state index contributed by atoms with van der Waals surface area (Å²) >= 11 is 1.41. The third-order valence-corrected chi connectivity index (χ3v) is 5.00. The largest absolute Gasteiger partial charge is 0.481 e. The fourth-order valence-corrected chi connectivity index (χ4v) is 3.63. The summed E-state index contributed by atoms with van der Waals surface area (Å²) in [4.78, 5) is 40.0. The van der Waals surface area contributed by atoms with E-state index in [2.05, 4.69) is 10.3 Å². The summed E-state index contributed by atoms with van der Waals surface area (Å²) in [7, 11) is 0. The number of hydrogen-bond donors (Lipinski definition) is 2. The molecule has 3 rings (SSSR count). The number of nitrogens with zero attached hydrogens (tertiary/aromatic N) is 2. The smallest absolute Gasteiger partial charge is 0.306 e. The van der Waals surface area contributed by atoms with Gasteiger partial charge in [-0.25, -0.2) is 4.98 Å². The maximum Gasteiger partial charge on any atom is 0.306 e. The van der Waals surface area contributed by atoms with E-state index in [1.807, 2.05) is 5.38 Å². The molecule has 0 radical (unpaired) electrons. The third-order valence-electron chi connectivity index (χ3n) is 4.18. The first-order chi connectivity index (χ1) is 11.0. The number of carboxylic acids is 1. The molecule has 1 amide bonds. The molecule has 0 saturated heterocycles. The van der Waals surface area contributed by atoms with Gasteiger partial charge in [-0.1, -0.05) is 0 Å². The lowest BCUT2D eigenvalue weighted by Crippen LogP contribution is -2.34. The minimum atomic E-state index is -0.802. The first-order valence-electron chi connectivity index (χ1n) is 7.49. The Bertz CT molecular complexity index is 797. The minimum Gasteiger partial charge on any atom is -0.481 e. The van der Waals surface area contributed by atoms with E-state index in [0.717, 1.165) is 0 Å². The zero-order valence-corrected chi connectivity index (χ0v) is 13.2. The Balaban J connectivity index is 1.55. The summed E-state index contributed by atoms with van der Waals surface area (Å²) in [5.41, 5.74) is -0.143. The van der Waals surface area contributed by atoms with Crippen molar-refractivity contribution in [2.75, 3.05) is 0 Å². The van der Waals surface area contributed by atoms with Crippen molar-refractivity contribution < 1.29 is 14.7 Å². The fraction of sp³-hybridized carbons (Fsp3) is 0.467. The van der Waals surface area contributed by atoms with Gasteiger partial charge in [-0.05, 0) is 30.7 Å². The number of aliphatic carboxylic acids is 1. The summed E-state index contributed by atoms with van der Waals surface area (Å²) in [5, 5.41) is 14.2. The topological polar surface area (TPSA) is 101 Å². The number of carbonyl (C=O) groups excluding carboxylic acids is 1. The summed E-state index contributed by atoms with van der Waals surface area (Å²) in [5.74, 6) is -1.34. The number of rotatable bonds is 5. The molecule has 2 aromatic heterocycles. The SMILES string of the molecule is O=C(CCn1cnc2sccc2c1=O)N[C@H]1CC[C@@H](C(=O)O)C1. The fourth-order valence-electron chi connectivity index (χ4n) is 2.91. The predicted molar refractivity (Wildman–Crippen MR) is 85.4 cm³/mol. The maximum atomic E-state index is 12.2. The molecule has 8 heteroatoms. The predicted octanol–water partition coefficient (Wildman–Crippen LogP) is 1.22. The molecule has 7 nitrogen and oxygen atoms in total. The van der Waals surface area contributed by atoms with Crippen LogP contribution in [-0.2, 0) is 16.1 Å². The van der Waals surface area contributed by atoms with Crippen molar-refractivity contribution in [3.8, 4) is 0 Å². The second-order valence-corrected chi connectivity index (χ2v) is 6.64. The number of aryl methyl sites for hydroxylation is 1. The zero-order valence-electron chi connectivity index (χ0n) is 12.4. The van der Waals surface area contributed by atoms with E-state index in [1.165, 1.54) is 22.2 Å². The summed E-state index contributed by atoms with van der Waals surface area (Å²) in [6, 6.07) is 1.65. The average Bonchev–Trinajstić information content (AvgIpc) is 3.15. The number of nitrogens with one attached hydrogen (secondary N) is 1. The lowest BCUT2D eigenvalue weighted by Gasteiger charge is -2.12. The van der Waals surface area contributed by atoms with Gasteiger partial charge in [0.05, 0.1) is 17.6 Å². The van der Waals surface area contributed by atoms with Crippen LogP contribution in [0.2, 0.25) is 0 Å². The van der Waals surface area contributed by atoms with E-state index in [0.29, 0.717) is 29.5 Å². The molecule has 1 fully saturated rings. The van der Waals surface area contributed by atoms with Gasteiger partial charge in [0.15, 0.2) is 0 Å². The van der Waals surface area contributed by atoms with E-state index in [9.17, 15) is 14.4 Å². The number of thiophene rings is 1. The van der Waals surface area contributed by atoms with E-state index in [1.54, 1.807) is 6.07 Å². The highest BCUT2D eigenvalue weighted by molar-refractivity contribution is 7.16. The Labute approximate surface area is 136 Å².